The van der Waals surface area contributed by atoms with Crippen molar-refractivity contribution >= 4 is 5.65 Å². The van der Waals surface area contributed by atoms with Crippen LogP contribution in [0.15, 0.2) is 18.2 Å². The van der Waals surface area contributed by atoms with Crippen LogP contribution in [0.2, 0.25) is 0 Å². The Bertz CT molecular complexity index is 580. The Balaban J connectivity index is 1.84. The van der Waals surface area contributed by atoms with E-state index >= 15 is 0 Å². The number of ether oxygens (including phenoxy) is 1. The first-order valence-corrected chi connectivity index (χ1v) is 7.41. The molecule has 20 heavy (non-hydrogen) atoms. The van der Waals surface area contributed by atoms with E-state index in [0.29, 0.717) is 5.92 Å². The smallest absolute Gasteiger partial charge is 0.200 e. The topological polar surface area (TPSA) is 42.7 Å². The average Bonchev–Trinajstić information content (AvgIpc) is 2.90. The van der Waals surface area contributed by atoms with Crippen molar-refractivity contribution in [2.24, 2.45) is 5.92 Å². The summed E-state index contributed by atoms with van der Waals surface area (Å²) in [6.07, 6.45) is 3.53. The zero-order chi connectivity index (χ0) is 13.9. The number of fused-ring (bicyclic) bond motifs is 1. The minimum atomic E-state index is 0.668. The first-order chi connectivity index (χ1) is 9.81. The van der Waals surface area contributed by atoms with Gasteiger partial charge < -0.3 is 9.64 Å². The van der Waals surface area contributed by atoms with Gasteiger partial charge in [0.15, 0.2) is 5.65 Å². The molecule has 5 heteroatoms. The van der Waals surface area contributed by atoms with Gasteiger partial charge in [0.05, 0.1) is 7.11 Å². The maximum absolute atomic E-state index is 5.43. The van der Waals surface area contributed by atoms with Crippen LogP contribution in [0.1, 0.15) is 25.6 Å². The Morgan fingerprint density at radius 1 is 1.35 bits per heavy atom. The highest BCUT2D eigenvalue weighted by molar-refractivity contribution is 5.42. The van der Waals surface area contributed by atoms with E-state index in [1.807, 2.05) is 22.6 Å². The molecule has 2 aromatic rings. The fraction of sp³-hybridized carbons (Fsp3) is 0.600. The summed E-state index contributed by atoms with van der Waals surface area (Å²) in [7, 11) is 1.69. The van der Waals surface area contributed by atoms with Crippen LogP contribution in [0.3, 0.4) is 0 Å². The van der Waals surface area contributed by atoms with Gasteiger partial charge in [-0.2, -0.15) is 0 Å². The second-order valence-corrected chi connectivity index (χ2v) is 5.48. The first-order valence-electron chi connectivity index (χ1n) is 7.41. The fourth-order valence-corrected chi connectivity index (χ4v) is 3.12. The summed E-state index contributed by atoms with van der Waals surface area (Å²) in [5.74, 6) is 2.49. The van der Waals surface area contributed by atoms with Crippen LogP contribution in [0.25, 0.3) is 5.65 Å². The zero-order valence-electron chi connectivity index (χ0n) is 12.2. The Kier molecular flexibility index (Phi) is 3.87. The van der Waals surface area contributed by atoms with Gasteiger partial charge in [-0.15, -0.1) is 10.2 Å². The lowest BCUT2D eigenvalue weighted by Gasteiger charge is -2.31. The van der Waals surface area contributed by atoms with Crippen molar-refractivity contribution < 1.29 is 4.74 Å². The third-order valence-corrected chi connectivity index (χ3v) is 4.19. The molecule has 5 nitrogen and oxygen atoms in total. The summed E-state index contributed by atoms with van der Waals surface area (Å²) in [5.41, 5.74) is 0.863. The highest BCUT2D eigenvalue weighted by Crippen LogP contribution is 2.22. The van der Waals surface area contributed by atoms with Gasteiger partial charge >= 0.3 is 0 Å². The number of piperidine rings is 1. The van der Waals surface area contributed by atoms with Crippen molar-refractivity contribution in [2.45, 2.75) is 26.2 Å². The number of rotatable bonds is 4. The molecule has 1 fully saturated rings. The van der Waals surface area contributed by atoms with Gasteiger partial charge in [0.25, 0.3) is 0 Å². The molecule has 0 radical (unpaired) electrons. The van der Waals surface area contributed by atoms with Crippen LogP contribution < -0.4 is 4.74 Å². The van der Waals surface area contributed by atoms with E-state index in [-0.39, 0.29) is 0 Å². The normalized spacial score (nSPS) is 20.4. The van der Waals surface area contributed by atoms with Gasteiger partial charge in [-0.25, -0.2) is 4.40 Å². The summed E-state index contributed by atoms with van der Waals surface area (Å²) in [6.45, 7) is 5.77. The Hall–Kier alpha value is -1.62. The predicted molar refractivity (Wildman–Crippen MR) is 78.1 cm³/mol. The summed E-state index contributed by atoms with van der Waals surface area (Å²) in [4.78, 5) is 2.52. The van der Waals surface area contributed by atoms with Gasteiger partial charge in [0.1, 0.15) is 5.82 Å². The molecule has 0 amide bonds. The summed E-state index contributed by atoms with van der Waals surface area (Å²) >= 11 is 0. The summed E-state index contributed by atoms with van der Waals surface area (Å²) < 4.78 is 7.46. The predicted octanol–water partition coefficient (Wildman–Crippen LogP) is 2.01. The number of pyridine rings is 1. The van der Waals surface area contributed by atoms with E-state index in [0.717, 1.165) is 30.3 Å². The molecule has 1 saturated heterocycles. The van der Waals surface area contributed by atoms with Crippen molar-refractivity contribution in [1.29, 1.82) is 0 Å². The number of likely N-dealkylation sites (tertiary alicyclic amines) is 1. The number of hydrogen-bond acceptors (Lipinski definition) is 4. The van der Waals surface area contributed by atoms with Gasteiger partial charge in [-0.3, -0.25) is 0 Å². The maximum Gasteiger partial charge on any atom is 0.200 e. The molecule has 1 aliphatic heterocycles. The highest BCUT2D eigenvalue weighted by atomic mass is 16.5. The van der Waals surface area contributed by atoms with Crippen molar-refractivity contribution in [3.63, 3.8) is 0 Å². The van der Waals surface area contributed by atoms with Crippen molar-refractivity contribution in [2.75, 3.05) is 26.7 Å². The Labute approximate surface area is 119 Å². The number of nitrogens with zero attached hydrogens (tertiary/aromatic N) is 4. The second-order valence-electron chi connectivity index (χ2n) is 5.48. The lowest BCUT2D eigenvalue weighted by molar-refractivity contribution is 0.180. The van der Waals surface area contributed by atoms with E-state index in [1.165, 1.54) is 25.9 Å². The third kappa shape index (κ3) is 2.50. The van der Waals surface area contributed by atoms with Crippen LogP contribution in [0.4, 0.5) is 0 Å². The van der Waals surface area contributed by atoms with Gasteiger partial charge in [0.2, 0.25) is 5.88 Å². The molecule has 0 N–H and O–H groups in total. The van der Waals surface area contributed by atoms with E-state index in [1.54, 1.807) is 7.11 Å². The van der Waals surface area contributed by atoms with Crippen LogP contribution in [0, 0.1) is 5.92 Å². The standard InChI is InChI=1S/C15H22N4O/c1-3-18-9-5-6-12(11-18)10-14-17-16-13-7-4-8-15(20-2)19(13)14/h4,7-8,12H,3,5-6,9-11H2,1-2H3. The monoisotopic (exact) mass is 274 g/mol. The molecule has 108 valence electrons. The number of hydrogen-bond donors (Lipinski definition) is 0. The second kappa shape index (κ2) is 5.79. The Morgan fingerprint density at radius 2 is 2.25 bits per heavy atom. The molecule has 0 spiro atoms. The van der Waals surface area contributed by atoms with Gasteiger partial charge in [-0.1, -0.05) is 13.0 Å². The molecular weight excluding hydrogens is 252 g/mol. The summed E-state index contributed by atoms with van der Waals surface area (Å²) in [5, 5.41) is 8.61. The zero-order valence-corrected chi connectivity index (χ0v) is 12.2. The van der Waals surface area contributed by atoms with Crippen molar-refractivity contribution in [3.05, 3.63) is 24.0 Å². The van der Waals surface area contributed by atoms with E-state index in [4.69, 9.17) is 4.74 Å². The molecule has 3 heterocycles. The highest BCUT2D eigenvalue weighted by Gasteiger charge is 2.21. The first kappa shape index (κ1) is 13.4. The molecule has 1 aliphatic rings. The molecular formula is C15H22N4O. The largest absolute Gasteiger partial charge is 0.482 e. The van der Waals surface area contributed by atoms with E-state index in [9.17, 15) is 0 Å². The van der Waals surface area contributed by atoms with E-state index in [2.05, 4.69) is 22.0 Å². The minimum absolute atomic E-state index is 0.668. The SMILES string of the molecule is CCN1CCCC(Cc2nnc3cccc(OC)n23)C1. The molecule has 2 aromatic heterocycles. The molecule has 1 atom stereocenters. The van der Waals surface area contributed by atoms with Crippen LogP contribution in [-0.4, -0.2) is 46.2 Å². The van der Waals surface area contributed by atoms with Crippen LogP contribution in [0.5, 0.6) is 5.88 Å². The lowest BCUT2D eigenvalue weighted by Crippen LogP contribution is -2.36. The van der Waals surface area contributed by atoms with Gasteiger partial charge in [-0.05, 0) is 44.0 Å². The fourth-order valence-electron chi connectivity index (χ4n) is 3.12. The minimum Gasteiger partial charge on any atom is -0.482 e. The third-order valence-electron chi connectivity index (χ3n) is 4.19. The number of aromatic nitrogens is 3. The lowest BCUT2D eigenvalue weighted by atomic mass is 9.94. The van der Waals surface area contributed by atoms with Crippen LogP contribution >= 0.6 is 0 Å². The molecule has 0 aliphatic carbocycles. The Morgan fingerprint density at radius 3 is 3.05 bits per heavy atom. The average molecular weight is 274 g/mol. The van der Waals surface area contributed by atoms with Gasteiger partial charge in [0, 0.05) is 13.0 Å². The van der Waals surface area contributed by atoms with E-state index < -0.39 is 0 Å². The molecule has 3 rings (SSSR count). The maximum atomic E-state index is 5.43. The molecule has 0 bridgehead atoms. The quantitative estimate of drug-likeness (QED) is 0.855. The van der Waals surface area contributed by atoms with Crippen molar-refractivity contribution in [3.8, 4) is 5.88 Å². The van der Waals surface area contributed by atoms with Crippen molar-refractivity contribution in [1.82, 2.24) is 19.5 Å². The van der Waals surface area contributed by atoms with Crippen LogP contribution in [-0.2, 0) is 6.42 Å². The molecule has 0 aromatic carbocycles. The molecule has 0 saturated carbocycles. The summed E-state index contributed by atoms with van der Waals surface area (Å²) in [6, 6.07) is 5.88. The number of methoxy groups -OCH3 is 1. The molecule has 1 unspecified atom stereocenters.